The fourth-order valence-corrected chi connectivity index (χ4v) is 1.97. The number of aromatic nitrogens is 3. The molecule has 20 heavy (non-hydrogen) atoms. The number of H-pyrrole nitrogens is 1. The van der Waals surface area contributed by atoms with E-state index in [-0.39, 0.29) is 5.56 Å². The SMILES string of the molecule is Cc1ccc(-c2cc(=O)[nH]c(-c3cccnc3)n2)cc1. The van der Waals surface area contributed by atoms with Crippen molar-refractivity contribution in [3.05, 3.63) is 70.8 Å². The molecule has 0 saturated carbocycles. The molecule has 0 bridgehead atoms. The number of rotatable bonds is 2. The molecule has 3 rings (SSSR count). The lowest BCUT2D eigenvalue weighted by atomic mass is 10.1. The van der Waals surface area contributed by atoms with Crippen molar-refractivity contribution >= 4 is 0 Å². The molecule has 0 aliphatic carbocycles. The zero-order valence-corrected chi connectivity index (χ0v) is 11.0. The van der Waals surface area contributed by atoms with E-state index in [9.17, 15) is 4.79 Å². The molecule has 3 aromatic rings. The Labute approximate surface area is 116 Å². The van der Waals surface area contributed by atoms with Crippen molar-refractivity contribution in [2.45, 2.75) is 6.92 Å². The van der Waals surface area contributed by atoms with Gasteiger partial charge in [-0.3, -0.25) is 9.78 Å². The van der Waals surface area contributed by atoms with Crippen LogP contribution in [-0.2, 0) is 0 Å². The number of aromatic amines is 1. The molecule has 4 nitrogen and oxygen atoms in total. The van der Waals surface area contributed by atoms with Crippen molar-refractivity contribution in [3.8, 4) is 22.6 Å². The highest BCUT2D eigenvalue weighted by molar-refractivity contribution is 5.63. The van der Waals surface area contributed by atoms with Crippen molar-refractivity contribution in [1.29, 1.82) is 0 Å². The highest BCUT2D eigenvalue weighted by Crippen LogP contribution is 2.19. The fourth-order valence-electron chi connectivity index (χ4n) is 1.97. The number of hydrogen-bond acceptors (Lipinski definition) is 3. The maximum atomic E-state index is 11.8. The molecule has 2 aromatic heterocycles. The van der Waals surface area contributed by atoms with E-state index in [4.69, 9.17) is 0 Å². The normalized spacial score (nSPS) is 10.4. The van der Waals surface area contributed by atoms with Gasteiger partial charge in [-0.25, -0.2) is 4.98 Å². The molecule has 98 valence electrons. The number of aryl methyl sites for hydroxylation is 1. The molecular formula is C16H13N3O. The molecule has 0 atom stereocenters. The molecule has 4 heteroatoms. The third-order valence-electron chi connectivity index (χ3n) is 3.02. The molecule has 0 amide bonds. The van der Waals surface area contributed by atoms with Crippen molar-refractivity contribution in [1.82, 2.24) is 15.0 Å². The van der Waals surface area contributed by atoms with Crippen molar-refractivity contribution in [2.75, 3.05) is 0 Å². The van der Waals surface area contributed by atoms with Gasteiger partial charge in [-0.15, -0.1) is 0 Å². The maximum Gasteiger partial charge on any atom is 0.251 e. The molecule has 1 N–H and O–H groups in total. The molecule has 0 aliphatic rings. The quantitative estimate of drug-likeness (QED) is 0.773. The molecule has 0 spiro atoms. The van der Waals surface area contributed by atoms with Gasteiger partial charge in [0.15, 0.2) is 0 Å². The number of benzene rings is 1. The third-order valence-corrected chi connectivity index (χ3v) is 3.02. The number of nitrogens with zero attached hydrogens (tertiary/aromatic N) is 2. The monoisotopic (exact) mass is 263 g/mol. The summed E-state index contributed by atoms with van der Waals surface area (Å²) in [7, 11) is 0. The van der Waals surface area contributed by atoms with Crippen LogP contribution in [-0.4, -0.2) is 15.0 Å². The van der Waals surface area contributed by atoms with Gasteiger partial charge in [-0.1, -0.05) is 29.8 Å². The predicted octanol–water partition coefficient (Wildman–Crippen LogP) is 2.81. The van der Waals surface area contributed by atoms with Crippen LogP contribution >= 0.6 is 0 Å². The molecule has 1 aromatic carbocycles. The van der Waals surface area contributed by atoms with Crippen LogP contribution in [0.4, 0.5) is 0 Å². The Hall–Kier alpha value is -2.75. The lowest BCUT2D eigenvalue weighted by molar-refractivity contribution is 1.12. The van der Waals surface area contributed by atoms with Crippen LogP contribution < -0.4 is 5.56 Å². The van der Waals surface area contributed by atoms with E-state index in [2.05, 4.69) is 15.0 Å². The first-order valence-corrected chi connectivity index (χ1v) is 6.31. The van der Waals surface area contributed by atoms with Gasteiger partial charge in [0.1, 0.15) is 5.82 Å². The Balaban J connectivity index is 2.12. The standard InChI is InChI=1S/C16H13N3O/c1-11-4-6-12(7-5-11)14-9-15(20)19-16(18-14)13-3-2-8-17-10-13/h2-10H,1H3,(H,18,19,20). The van der Waals surface area contributed by atoms with E-state index in [0.29, 0.717) is 11.5 Å². The largest absolute Gasteiger partial charge is 0.306 e. The molecule has 0 aliphatic heterocycles. The molecule has 0 unspecified atom stereocenters. The summed E-state index contributed by atoms with van der Waals surface area (Å²) in [6.45, 7) is 2.02. The van der Waals surface area contributed by atoms with Gasteiger partial charge < -0.3 is 4.98 Å². The van der Waals surface area contributed by atoms with Crippen LogP contribution in [0.3, 0.4) is 0 Å². The topological polar surface area (TPSA) is 58.6 Å². The minimum atomic E-state index is -0.172. The first kappa shape index (κ1) is 12.3. The second-order valence-electron chi connectivity index (χ2n) is 4.59. The Morgan fingerprint density at radius 3 is 2.55 bits per heavy atom. The summed E-state index contributed by atoms with van der Waals surface area (Å²) >= 11 is 0. The third kappa shape index (κ3) is 2.49. The van der Waals surface area contributed by atoms with Crippen LogP contribution in [0, 0.1) is 6.92 Å². The Morgan fingerprint density at radius 2 is 1.85 bits per heavy atom. The van der Waals surface area contributed by atoms with Crippen LogP contribution in [0.2, 0.25) is 0 Å². The Bertz CT molecular complexity index is 777. The minimum Gasteiger partial charge on any atom is -0.306 e. The Kier molecular flexibility index (Phi) is 3.13. The summed E-state index contributed by atoms with van der Waals surface area (Å²) in [4.78, 5) is 23.1. The lowest BCUT2D eigenvalue weighted by Gasteiger charge is -2.04. The maximum absolute atomic E-state index is 11.8. The molecule has 0 fully saturated rings. The second kappa shape index (κ2) is 5.09. The van der Waals surface area contributed by atoms with Crippen molar-refractivity contribution in [3.63, 3.8) is 0 Å². The summed E-state index contributed by atoms with van der Waals surface area (Å²) in [5.41, 5.74) is 3.37. The molecular weight excluding hydrogens is 250 g/mol. The van der Waals surface area contributed by atoms with Gasteiger partial charge in [-0.05, 0) is 19.1 Å². The number of nitrogens with one attached hydrogen (secondary N) is 1. The summed E-state index contributed by atoms with van der Waals surface area (Å²) in [6, 6.07) is 13.1. The minimum absolute atomic E-state index is 0.172. The Morgan fingerprint density at radius 1 is 1.05 bits per heavy atom. The smallest absolute Gasteiger partial charge is 0.251 e. The average Bonchev–Trinajstić information content (AvgIpc) is 2.48. The van der Waals surface area contributed by atoms with E-state index in [0.717, 1.165) is 11.1 Å². The second-order valence-corrected chi connectivity index (χ2v) is 4.59. The molecule has 0 radical (unpaired) electrons. The number of hydrogen-bond donors (Lipinski definition) is 1. The van der Waals surface area contributed by atoms with E-state index >= 15 is 0 Å². The first-order chi connectivity index (χ1) is 9.72. The summed E-state index contributed by atoms with van der Waals surface area (Å²) in [6.07, 6.45) is 3.36. The van der Waals surface area contributed by atoms with Gasteiger partial charge >= 0.3 is 0 Å². The van der Waals surface area contributed by atoms with Crippen molar-refractivity contribution in [2.24, 2.45) is 0 Å². The zero-order valence-electron chi connectivity index (χ0n) is 11.0. The van der Waals surface area contributed by atoms with Gasteiger partial charge in [0.05, 0.1) is 5.69 Å². The lowest BCUT2D eigenvalue weighted by Crippen LogP contribution is -2.08. The predicted molar refractivity (Wildman–Crippen MR) is 78.3 cm³/mol. The summed E-state index contributed by atoms with van der Waals surface area (Å²) in [5, 5.41) is 0. The zero-order chi connectivity index (χ0) is 13.9. The van der Waals surface area contributed by atoms with Gasteiger partial charge in [0, 0.05) is 29.6 Å². The summed E-state index contributed by atoms with van der Waals surface area (Å²) in [5.74, 6) is 0.529. The van der Waals surface area contributed by atoms with Crippen molar-refractivity contribution < 1.29 is 0 Å². The highest BCUT2D eigenvalue weighted by atomic mass is 16.1. The van der Waals surface area contributed by atoms with E-state index in [1.807, 2.05) is 43.3 Å². The highest BCUT2D eigenvalue weighted by Gasteiger charge is 2.06. The van der Waals surface area contributed by atoms with Crippen LogP contribution in [0.5, 0.6) is 0 Å². The van der Waals surface area contributed by atoms with E-state index < -0.39 is 0 Å². The van der Waals surface area contributed by atoms with Crippen LogP contribution in [0.15, 0.2) is 59.7 Å². The van der Waals surface area contributed by atoms with Crippen LogP contribution in [0.1, 0.15) is 5.56 Å². The van der Waals surface area contributed by atoms with Gasteiger partial charge in [0.2, 0.25) is 0 Å². The van der Waals surface area contributed by atoms with E-state index in [1.54, 1.807) is 12.4 Å². The first-order valence-electron chi connectivity index (χ1n) is 6.31. The van der Waals surface area contributed by atoms with E-state index in [1.165, 1.54) is 11.6 Å². The van der Waals surface area contributed by atoms with Crippen LogP contribution in [0.25, 0.3) is 22.6 Å². The molecule has 0 saturated heterocycles. The van der Waals surface area contributed by atoms with Gasteiger partial charge in [0.25, 0.3) is 5.56 Å². The average molecular weight is 263 g/mol. The summed E-state index contributed by atoms with van der Waals surface area (Å²) < 4.78 is 0. The van der Waals surface area contributed by atoms with Gasteiger partial charge in [-0.2, -0.15) is 0 Å². The fraction of sp³-hybridized carbons (Fsp3) is 0.0625. The number of pyridine rings is 1. The molecule has 2 heterocycles.